The molecule has 1 aromatic carbocycles. The first kappa shape index (κ1) is 18.4. The Balaban J connectivity index is 1.81. The Kier molecular flexibility index (Phi) is 5.49. The Labute approximate surface area is 151 Å². The van der Waals surface area contributed by atoms with Crippen molar-refractivity contribution in [2.45, 2.75) is 56.4 Å². The van der Waals surface area contributed by atoms with E-state index in [4.69, 9.17) is 0 Å². The van der Waals surface area contributed by atoms with Crippen LogP contribution in [-0.2, 0) is 10.0 Å². The molecular weight excluding hydrogens is 336 g/mol. The molecule has 1 atom stereocenters. The molecule has 138 valence electrons. The minimum absolute atomic E-state index is 0.104. The normalized spacial score (nSPS) is 20.7. The van der Waals surface area contributed by atoms with Crippen molar-refractivity contribution < 1.29 is 13.2 Å². The average Bonchev–Trinajstić information content (AvgIpc) is 3.46. The van der Waals surface area contributed by atoms with Gasteiger partial charge < -0.3 is 4.90 Å². The number of hydrogen-bond acceptors (Lipinski definition) is 3. The van der Waals surface area contributed by atoms with Crippen LogP contribution in [0.3, 0.4) is 0 Å². The highest BCUT2D eigenvalue weighted by Crippen LogP contribution is 2.35. The maximum absolute atomic E-state index is 12.9. The summed E-state index contributed by atoms with van der Waals surface area (Å²) in [5.41, 5.74) is 0.450. The van der Waals surface area contributed by atoms with Crippen LogP contribution < -0.4 is 0 Å². The van der Waals surface area contributed by atoms with Crippen molar-refractivity contribution in [3.05, 3.63) is 29.8 Å². The molecule has 0 aromatic heterocycles. The third kappa shape index (κ3) is 4.06. The lowest BCUT2D eigenvalue weighted by Crippen LogP contribution is -2.36. The highest BCUT2D eigenvalue weighted by Gasteiger charge is 2.33. The SMILES string of the molecule is CC(C1CC1)N(C)C(=O)c1cccc(S(=O)(=O)N2CCCCCC2)c1. The Hall–Kier alpha value is -1.40. The van der Waals surface area contributed by atoms with E-state index >= 15 is 0 Å². The van der Waals surface area contributed by atoms with Crippen LogP contribution in [0.2, 0.25) is 0 Å². The predicted molar refractivity (Wildman–Crippen MR) is 97.9 cm³/mol. The summed E-state index contributed by atoms with van der Waals surface area (Å²) in [6, 6.07) is 6.71. The van der Waals surface area contributed by atoms with Crippen molar-refractivity contribution in [3.8, 4) is 0 Å². The summed E-state index contributed by atoms with van der Waals surface area (Å²) in [5, 5.41) is 0. The first-order valence-electron chi connectivity index (χ1n) is 9.28. The van der Waals surface area contributed by atoms with Gasteiger partial charge in [0, 0.05) is 31.7 Å². The van der Waals surface area contributed by atoms with E-state index in [-0.39, 0.29) is 16.8 Å². The van der Waals surface area contributed by atoms with Crippen LogP contribution in [0.15, 0.2) is 29.2 Å². The largest absolute Gasteiger partial charge is 0.339 e. The highest BCUT2D eigenvalue weighted by molar-refractivity contribution is 7.89. The summed E-state index contributed by atoms with van der Waals surface area (Å²) in [4.78, 5) is 14.7. The Morgan fingerprint density at radius 1 is 1.16 bits per heavy atom. The van der Waals surface area contributed by atoms with Crippen molar-refractivity contribution in [2.24, 2.45) is 5.92 Å². The maximum atomic E-state index is 12.9. The smallest absolute Gasteiger partial charge is 0.253 e. The van der Waals surface area contributed by atoms with Gasteiger partial charge in [0.1, 0.15) is 0 Å². The minimum atomic E-state index is -3.53. The molecule has 2 fully saturated rings. The first-order chi connectivity index (χ1) is 11.9. The third-order valence-corrected chi connectivity index (χ3v) is 7.41. The van der Waals surface area contributed by atoms with Gasteiger partial charge in [0.15, 0.2) is 0 Å². The molecule has 0 bridgehead atoms. The summed E-state index contributed by atoms with van der Waals surface area (Å²) < 4.78 is 27.4. The molecule has 1 saturated heterocycles. The number of hydrogen-bond donors (Lipinski definition) is 0. The van der Waals surface area contributed by atoms with Crippen LogP contribution in [0.4, 0.5) is 0 Å². The summed E-state index contributed by atoms with van der Waals surface area (Å²) in [6.45, 7) is 3.20. The molecule has 0 radical (unpaired) electrons. The molecule has 3 rings (SSSR count). The Morgan fingerprint density at radius 2 is 1.80 bits per heavy atom. The van der Waals surface area contributed by atoms with Gasteiger partial charge in [-0.05, 0) is 56.7 Å². The minimum Gasteiger partial charge on any atom is -0.339 e. The Bertz CT molecular complexity index is 720. The van der Waals surface area contributed by atoms with Crippen molar-refractivity contribution in [1.82, 2.24) is 9.21 Å². The topological polar surface area (TPSA) is 57.7 Å². The van der Waals surface area contributed by atoms with Crippen LogP contribution >= 0.6 is 0 Å². The average molecular weight is 365 g/mol. The van der Waals surface area contributed by atoms with Crippen LogP contribution in [0.1, 0.15) is 55.8 Å². The van der Waals surface area contributed by atoms with Gasteiger partial charge in [-0.3, -0.25) is 4.79 Å². The molecule has 2 aliphatic rings. The Morgan fingerprint density at radius 3 is 2.40 bits per heavy atom. The summed E-state index contributed by atoms with van der Waals surface area (Å²) in [7, 11) is -1.72. The number of benzene rings is 1. The molecule has 1 amide bonds. The van der Waals surface area contributed by atoms with Gasteiger partial charge in [-0.2, -0.15) is 4.31 Å². The predicted octanol–water partition coefficient (Wildman–Crippen LogP) is 3.12. The van der Waals surface area contributed by atoms with Crippen molar-refractivity contribution in [2.75, 3.05) is 20.1 Å². The van der Waals surface area contributed by atoms with Crippen molar-refractivity contribution >= 4 is 15.9 Å². The number of nitrogens with zero attached hydrogens (tertiary/aromatic N) is 2. The number of carbonyl (C=O) groups is 1. The molecule has 1 heterocycles. The number of sulfonamides is 1. The van der Waals surface area contributed by atoms with Gasteiger partial charge in [-0.15, -0.1) is 0 Å². The van der Waals surface area contributed by atoms with Crippen LogP contribution in [-0.4, -0.2) is 49.7 Å². The van der Waals surface area contributed by atoms with E-state index in [1.165, 1.54) is 12.8 Å². The van der Waals surface area contributed by atoms with Gasteiger partial charge >= 0.3 is 0 Å². The quantitative estimate of drug-likeness (QED) is 0.806. The number of rotatable bonds is 5. The van der Waals surface area contributed by atoms with Crippen molar-refractivity contribution in [1.29, 1.82) is 0 Å². The lowest BCUT2D eigenvalue weighted by molar-refractivity contribution is 0.0727. The van der Waals surface area contributed by atoms with Crippen molar-refractivity contribution in [3.63, 3.8) is 0 Å². The van der Waals surface area contributed by atoms with E-state index in [0.717, 1.165) is 25.7 Å². The molecule has 1 aliphatic carbocycles. The van der Waals surface area contributed by atoms with Crippen LogP contribution in [0.5, 0.6) is 0 Å². The molecule has 6 heteroatoms. The monoisotopic (exact) mass is 364 g/mol. The molecule has 1 aliphatic heterocycles. The molecule has 1 saturated carbocycles. The van der Waals surface area contributed by atoms with Gasteiger partial charge in [-0.1, -0.05) is 18.9 Å². The van der Waals surface area contributed by atoms with E-state index in [1.54, 1.807) is 40.5 Å². The van der Waals surface area contributed by atoms with E-state index in [9.17, 15) is 13.2 Å². The zero-order chi connectivity index (χ0) is 18.0. The second-order valence-corrected chi connectivity index (χ2v) is 9.28. The second-order valence-electron chi connectivity index (χ2n) is 7.34. The lowest BCUT2D eigenvalue weighted by Gasteiger charge is -2.25. The molecule has 0 spiro atoms. The summed E-state index contributed by atoms with van der Waals surface area (Å²) in [5.74, 6) is 0.477. The zero-order valence-electron chi connectivity index (χ0n) is 15.1. The molecule has 0 N–H and O–H groups in total. The van der Waals surface area contributed by atoms with Gasteiger partial charge in [0.2, 0.25) is 10.0 Å². The van der Waals surface area contributed by atoms with Gasteiger partial charge in [0.25, 0.3) is 5.91 Å². The fourth-order valence-electron chi connectivity index (χ4n) is 3.50. The van der Waals surface area contributed by atoms with Crippen LogP contribution in [0, 0.1) is 5.92 Å². The second kappa shape index (κ2) is 7.46. The van der Waals surface area contributed by atoms with E-state index in [2.05, 4.69) is 6.92 Å². The maximum Gasteiger partial charge on any atom is 0.253 e. The fraction of sp³-hybridized carbons (Fsp3) is 0.632. The molecule has 1 unspecified atom stereocenters. The summed E-state index contributed by atoms with van der Waals surface area (Å²) in [6.07, 6.45) is 6.30. The van der Waals surface area contributed by atoms with E-state index in [1.807, 2.05) is 0 Å². The zero-order valence-corrected chi connectivity index (χ0v) is 16.0. The van der Waals surface area contributed by atoms with E-state index < -0.39 is 10.0 Å². The molecule has 1 aromatic rings. The summed E-state index contributed by atoms with van der Waals surface area (Å²) >= 11 is 0. The molecule has 5 nitrogen and oxygen atoms in total. The highest BCUT2D eigenvalue weighted by atomic mass is 32.2. The molecular formula is C19H28N2O3S. The fourth-order valence-corrected chi connectivity index (χ4v) is 5.07. The van der Waals surface area contributed by atoms with Crippen LogP contribution in [0.25, 0.3) is 0 Å². The number of amides is 1. The number of carbonyl (C=O) groups excluding carboxylic acids is 1. The van der Waals surface area contributed by atoms with E-state index in [0.29, 0.717) is 24.6 Å². The van der Waals surface area contributed by atoms with Gasteiger partial charge in [0.05, 0.1) is 4.90 Å². The standard InChI is InChI=1S/C19H28N2O3S/c1-15(16-10-11-16)20(2)19(22)17-8-7-9-18(14-17)25(23,24)21-12-5-3-4-6-13-21/h7-9,14-16H,3-6,10-13H2,1-2H3. The first-order valence-corrected chi connectivity index (χ1v) is 10.7. The van der Waals surface area contributed by atoms with Gasteiger partial charge in [-0.25, -0.2) is 8.42 Å². The third-order valence-electron chi connectivity index (χ3n) is 5.52. The lowest BCUT2D eigenvalue weighted by atomic mass is 10.1. The molecule has 25 heavy (non-hydrogen) atoms.